The number of carbonyl (C=O) groups excluding carboxylic acids is 1. The number of fused-ring (bicyclic) bond motifs is 1. The molecule has 0 amide bonds. The number of ketones is 1. The number of hydrogen-bond acceptors (Lipinski definition) is 1. The highest BCUT2D eigenvalue weighted by molar-refractivity contribution is 6.08. The quantitative estimate of drug-likeness (QED) is 0.659. The Morgan fingerprint density at radius 1 is 0.583 bits per heavy atom. The van der Waals surface area contributed by atoms with Gasteiger partial charge in [-0.15, -0.1) is 0 Å². The van der Waals surface area contributed by atoms with E-state index in [0.29, 0.717) is 0 Å². The normalized spacial score (nSPS) is 17.5. The minimum absolute atomic E-state index is 0.244. The van der Waals surface area contributed by atoms with Gasteiger partial charge in [0.2, 0.25) is 0 Å². The van der Waals surface area contributed by atoms with Crippen molar-refractivity contribution in [3.05, 3.63) is 107 Å². The van der Waals surface area contributed by atoms with E-state index in [0.717, 1.165) is 22.3 Å². The summed E-state index contributed by atoms with van der Waals surface area (Å²) in [5.41, 5.74) is 3.07. The molecular formula is C23H20O. The molecule has 1 heteroatoms. The summed E-state index contributed by atoms with van der Waals surface area (Å²) >= 11 is 0. The first-order valence-electron chi connectivity index (χ1n) is 8.35. The van der Waals surface area contributed by atoms with Crippen LogP contribution in [0.2, 0.25) is 0 Å². The highest BCUT2D eigenvalue weighted by Gasteiger charge is 2.57. The topological polar surface area (TPSA) is 17.1 Å². The summed E-state index contributed by atoms with van der Waals surface area (Å²) in [4.78, 5) is 13.8. The molecule has 0 unspecified atom stereocenters. The zero-order valence-electron chi connectivity index (χ0n) is 14.0. The van der Waals surface area contributed by atoms with Gasteiger partial charge in [-0.25, -0.2) is 0 Å². The fourth-order valence-corrected chi connectivity index (χ4v) is 4.18. The van der Waals surface area contributed by atoms with Gasteiger partial charge in [-0.05, 0) is 36.1 Å². The fraction of sp³-hybridized carbons (Fsp3) is 0.174. The van der Waals surface area contributed by atoms with Crippen molar-refractivity contribution in [3.8, 4) is 0 Å². The number of benzene rings is 3. The van der Waals surface area contributed by atoms with Crippen LogP contribution < -0.4 is 0 Å². The van der Waals surface area contributed by atoms with Crippen molar-refractivity contribution in [1.29, 1.82) is 0 Å². The van der Waals surface area contributed by atoms with E-state index in [1.807, 2.05) is 62.4 Å². The zero-order valence-corrected chi connectivity index (χ0v) is 14.0. The van der Waals surface area contributed by atoms with Crippen molar-refractivity contribution in [2.45, 2.75) is 24.7 Å². The molecule has 118 valence electrons. The van der Waals surface area contributed by atoms with Crippen molar-refractivity contribution in [2.24, 2.45) is 0 Å². The van der Waals surface area contributed by atoms with Crippen LogP contribution in [0.5, 0.6) is 0 Å². The SMILES string of the molecule is CC1(C)C(=O)C(c2ccccc2)(c2ccccc2)c2ccccc21. The molecular weight excluding hydrogens is 292 g/mol. The first kappa shape index (κ1) is 14.9. The molecule has 0 atom stereocenters. The van der Waals surface area contributed by atoms with Crippen molar-refractivity contribution in [1.82, 2.24) is 0 Å². The number of Topliss-reactive ketones (excluding diaryl/α,β-unsaturated/α-hetero) is 1. The molecule has 1 nitrogen and oxygen atoms in total. The van der Waals surface area contributed by atoms with Crippen molar-refractivity contribution in [3.63, 3.8) is 0 Å². The summed E-state index contributed by atoms with van der Waals surface area (Å²) in [7, 11) is 0. The van der Waals surface area contributed by atoms with E-state index in [-0.39, 0.29) is 5.78 Å². The molecule has 0 saturated carbocycles. The average molecular weight is 312 g/mol. The largest absolute Gasteiger partial charge is 0.297 e. The lowest BCUT2D eigenvalue weighted by atomic mass is 9.68. The smallest absolute Gasteiger partial charge is 0.162 e. The van der Waals surface area contributed by atoms with Gasteiger partial charge >= 0.3 is 0 Å². The van der Waals surface area contributed by atoms with Gasteiger partial charge in [-0.2, -0.15) is 0 Å². The molecule has 4 rings (SSSR count). The molecule has 0 heterocycles. The second kappa shape index (κ2) is 5.17. The van der Waals surface area contributed by atoms with E-state index >= 15 is 0 Å². The lowest BCUT2D eigenvalue weighted by Crippen LogP contribution is -2.40. The van der Waals surface area contributed by atoms with Crippen LogP contribution in [0.15, 0.2) is 84.9 Å². The highest BCUT2D eigenvalue weighted by Crippen LogP contribution is 2.53. The highest BCUT2D eigenvalue weighted by atomic mass is 16.1. The van der Waals surface area contributed by atoms with Crippen LogP contribution >= 0.6 is 0 Å². The van der Waals surface area contributed by atoms with Gasteiger partial charge in [-0.3, -0.25) is 4.79 Å². The van der Waals surface area contributed by atoms with E-state index in [4.69, 9.17) is 0 Å². The lowest BCUT2D eigenvalue weighted by molar-refractivity contribution is -0.125. The first-order valence-corrected chi connectivity index (χ1v) is 8.35. The molecule has 1 aliphatic rings. The van der Waals surface area contributed by atoms with E-state index in [1.54, 1.807) is 0 Å². The minimum atomic E-state index is -0.734. The van der Waals surface area contributed by atoms with Crippen molar-refractivity contribution in [2.75, 3.05) is 0 Å². The lowest BCUT2D eigenvalue weighted by Gasteiger charge is -2.32. The Balaban J connectivity index is 2.15. The Morgan fingerprint density at radius 3 is 1.50 bits per heavy atom. The number of hydrogen-bond donors (Lipinski definition) is 0. The molecule has 0 radical (unpaired) electrons. The Kier molecular flexibility index (Phi) is 3.21. The van der Waals surface area contributed by atoms with Crippen molar-refractivity contribution < 1.29 is 4.79 Å². The molecule has 0 aromatic heterocycles. The van der Waals surface area contributed by atoms with Gasteiger partial charge in [0, 0.05) is 0 Å². The van der Waals surface area contributed by atoms with Crippen LogP contribution in [0.25, 0.3) is 0 Å². The average Bonchev–Trinajstić information content (AvgIpc) is 2.82. The first-order chi connectivity index (χ1) is 11.6. The molecule has 3 aromatic rings. The Hall–Kier alpha value is -2.67. The van der Waals surface area contributed by atoms with Crippen LogP contribution in [0.4, 0.5) is 0 Å². The third-order valence-corrected chi connectivity index (χ3v) is 5.33. The van der Waals surface area contributed by atoms with Gasteiger partial charge in [-0.1, -0.05) is 84.9 Å². The molecule has 0 bridgehead atoms. The van der Waals surface area contributed by atoms with Gasteiger partial charge in [0.05, 0.1) is 5.41 Å². The summed E-state index contributed by atoms with van der Waals surface area (Å²) in [6, 6.07) is 28.6. The standard InChI is InChI=1S/C23H20O/c1-22(2)19-15-9-10-16-20(19)23(21(22)24,17-11-5-3-6-12-17)18-13-7-4-8-14-18/h3-16H,1-2H3. The second-order valence-electron chi connectivity index (χ2n) is 6.98. The van der Waals surface area contributed by atoms with Crippen LogP contribution in [0.3, 0.4) is 0 Å². The van der Waals surface area contributed by atoms with Gasteiger partial charge < -0.3 is 0 Å². The Labute approximate surface area is 143 Å². The maximum Gasteiger partial charge on any atom is 0.162 e. The van der Waals surface area contributed by atoms with Gasteiger partial charge in [0.15, 0.2) is 5.78 Å². The molecule has 3 aromatic carbocycles. The maximum absolute atomic E-state index is 13.8. The molecule has 0 spiro atoms. The van der Waals surface area contributed by atoms with Crippen molar-refractivity contribution >= 4 is 5.78 Å². The molecule has 24 heavy (non-hydrogen) atoms. The third kappa shape index (κ3) is 1.78. The van der Waals surface area contributed by atoms with E-state index in [9.17, 15) is 4.79 Å². The fourth-order valence-electron chi connectivity index (χ4n) is 4.18. The third-order valence-electron chi connectivity index (χ3n) is 5.33. The molecule has 0 fully saturated rings. The van der Waals surface area contributed by atoms with E-state index in [2.05, 4.69) is 36.4 Å². The van der Waals surface area contributed by atoms with Crippen LogP contribution in [0.1, 0.15) is 36.1 Å². The van der Waals surface area contributed by atoms with Crippen LogP contribution in [-0.2, 0) is 15.6 Å². The molecule has 0 saturated heterocycles. The minimum Gasteiger partial charge on any atom is -0.297 e. The van der Waals surface area contributed by atoms with E-state index in [1.165, 1.54) is 0 Å². The summed E-state index contributed by atoms with van der Waals surface area (Å²) in [6.45, 7) is 4.09. The summed E-state index contributed by atoms with van der Waals surface area (Å²) in [5, 5.41) is 0. The number of carbonyl (C=O) groups is 1. The monoisotopic (exact) mass is 312 g/mol. The van der Waals surface area contributed by atoms with Gasteiger partial charge in [0.1, 0.15) is 5.41 Å². The van der Waals surface area contributed by atoms with Crippen LogP contribution in [-0.4, -0.2) is 5.78 Å². The zero-order chi connectivity index (χ0) is 16.8. The molecule has 1 aliphatic carbocycles. The summed E-state index contributed by atoms with van der Waals surface area (Å²) in [5.74, 6) is 0.244. The second-order valence-corrected chi connectivity index (χ2v) is 6.98. The predicted molar refractivity (Wildman–Crippen MR) is 97.2 cm³/mol. The van der Waals surface area contributed by atoms with E-state index < -0.39 is 10.8 Å². The van der Waals surface area contributed by atoms with Crippen LogP contribution in [0, 0.1) is 0 Å². The Bertz CT molecular complexity index is 852. The Morgan fingerprint density at radius 2 is 1.00 bits per heavy atom. The number of rotatable bonds is 2. The molecule has 0 aliphatic heterocycles. The molecule has 0 N–H and O–H groups in total. The maximum atomic E-state index is 13.8. The summed E-state index contributed by atoms with van der Waals surface area (Å²) < 4.78 is 0. The van der Waals surface area contributed by atoms with Gasteiger partial charge in [0.25, 0.3) is 0 Å². The predicted octanol–water partition coefficient (Wildman–Crippen LogP) is 4.88. The summed E-state index contributed by atoms with van der Waals surface area (Å²) in [6.07, 6.45) is 0.